The van der Waals surface area contributed by atoms with E-state index in [1.54, 1.807) is 18.2 Å². The van der Waals surface area contributed by atoms with Crippen molar-refractivity contribution in [2.45, 2.75) is 42.8 Å². The molecule has 0 amide bonds. The second-order valence-corrected chi connectivity index (χ2v) is 7.72. The normalized spacial score (nSPS) is 23.6. The summed E-state index contributed by atoms with van der Waals surface area (Å²) in [4.78, 5) is 2.77. The Labute approximate surface area is 126 Å². The quantitative estimate of drug-likeness (QED) is 0.820. The molecule has 2 N–H and O–H groups in total. The lowest BCUT2D eigenvalue weighted by molar-refractivity contribution is 0.322. The highest BCUT2D eigenvalue weighted by Gasteiger charge is 2.35. The van der Waals surface area contributed by atoms with Crippen LogP contribution in [0.25, 0.3) is 0 Å². The van der Waals surface area contributed by atoms with Gasteiger partial charge in [-0.25, -0.2) is 13.1 Å². The number of hydrogen-bond donors (Lipinski definition) is 2. The molecule has 6 heteroatoms. The first kappa shape index (κ1) is 15.0. The van der Waals surface area contributed by atoms with Crippen molar-refractivity contribution in [1.29, 1.82) is 0 Å². The van der Waals surface area contributed by atoms with E-state index in [0.717, 1.165) is 25.1 Å². The molecule has 1 aromatic carbocycles. The summed E-state index contributed by atoms with van der Waals surface area (Å²) < 4.78 is 27.8. The van der Waals surface area contributed by atoms with E-state index in [0.29, 0.717) is 17.5 Å². The molecule has 5 nitrogen and oxygen atoms in total. The number of benzene rings is 1. The number of hydrogen-bond acceptors (Lipinski definition) is 4. The molecule has 0 spiro atoms. The molecule has 1 aliphatic heterocycles. The molecule has 2 aliphatic rings. The summed E-state index contributed by atoms with van der Waals surface area (Å²) in [6, 6.07) is 7.88. The van der Waals surface area contributed by atoms with Gasteiger partial charge in [0.25, 0.3) is 0 Å². The molecule has 0 radical (unpaired) electrons. The van der Waals surface area contributed by atoms with Crippen molar-refractivity contribution in [3.63, 3.8) is 0 Å². The van der Waals surface area contributed by atoms with Crippen LogP contribution in [0, 0.1) is 0 Å². The molecule has 1 unspecified atom stereocenters. The fourth-order valence-electron chi connectivity index (χ4n) is 2.97. The molecule has 1 saturated heterocycles. The minimum atomic E-state index is -3.42. The molecule has 1 atom stereocenters. The molecule has 1 heterocycles. The predicted molar refractivity (Wildman–Crippen MR) is 82.5 cm³/mol. The van der Waals surface area contributed by atoms with E-state index < -0.39 is 10.0 Å². The second-order valence-electron chi connectivity index (χ2n) is 6.01. The van der Waals surface area contributed by atoms with Crippen LogP contribution in [0.2, 0.25) is 0 Å². The number of rotatable bonds is 6. The second kappa shape index (κ2) is 6.04. The maximum Gasteiger partial charge on any atom is 0.240 e. The summed E-state index contributed by atoms with van der Waals surface area (Å²) in [5.74, 6) is 0. The standard InChI is InChI=1S/C15H23N3O2S/c1-16-10-12-3-2-4-15(9-12)21(19,20)17-13-7-8-18(11-13)14-5-6-14/h2-4,9,13-14,16-17H,5-8,10-11H2,1H3. The minimum Gasteiger partial charge on any atom is -0.316 e. The molecular formula is C15H23N3O2S. The highest BCUT2D eigenvalue weighted by molar-refractivity contribution is 7.89. The highest BCUT2D eigenvalue weighted by Crippen LogP contribution is 2.30. The van der Waals surface area contributed by atoms with E-state index in [1.807, 2.05) is 13.1 Å². The summed E-state index contributed by atoms with van der Waals surface area (Å²) in [5, 5.41) is 3.04. The zero-order valence-corrected chi connectivity index (χ0v) is 13.2. The van der Waals surface area contributed by atoms with E-state index in [1.165, 1.54) is 12.8 Å². The molecule has 21 heavy (non-hydrogen) atoms. The Hall–Kier alpha value is -0.950. The van der Waals surface area contributed by atoms with Gasteiger partial charge in [-0.3, -0.25) is 4.90 Å². The Kier molecular flexibility index (Phi) is 4.31. The zero-order valence-electron chi connectivity index (χ0n) is 12.4. The smallest absolute Gasteiger partial charge is 0.240 e. The average molecular weight is 309 g/mol. The van der Waals surface area contributed by atoms with Gasteiger partial charge in [-0.05, 0) is 44.0 Å². The van der Waals surface area contributed by atoms with Gasteiger partial charge in [0.15, 0.2) is 0 Å². The molecule has 0 bridgehead atoms. The molecule has 2 fully saturated rings. The maximum atomic E-state index is 12.5. The van der Waals surface area contributed by atoms with Crippen molar-refractivity contribution >= 4 is 10.0 Å². The third kappa shape index (κ3) is 3.63. The van der Waals surface area contributed by atoms with Crippen LogP contribution in [0.3, 0.4) is 0 Å². The lowest BCUT2D eigenvalue weighted by Crippen LogP contribution is -2.37. The molecule has 1 aromatic rings. The van der Waals surface area contributed by atoms with Crippen molar-refractivity contribution in [2.75, 3.05) is 20.1 Å². The minimum absolute atomic E-state index is 0.0450. The van der Waals surface area contributed by atoms with Crippen LogP contribution < -0.4 is 10.0 Å². The van der Waals surface area contributed by atoms with Crippen molar-refractivity contribution in [3.8, 4) is 0 Å². The number of likely N-dealkylation sites (tertiary alicyclic amines) is 1. The Balaban J connectivity index is 1.67. The monoisotopic (exact) mass is 309 g/mol. The average Bonchev–Trinajstić information content (AvgIpc) is 3.20. The van der Waals surface area contributed by atoms with Crippen LogP contribution in [0.15, 0.2) is 29.2 Å². The van der Waals surface area contributed by atoms with Gasteiger partial charge in [0.2, 0.25) is 10.0 Å². The van der Waals surface area contributed by atoms with Crippen LogP contribution in [-0.4, -0.2) is 45.5 Å². The van der Waals surface area contributed by atoms with Crippen LogP contribution in [-0.2, 0) is 16.6 Å². The highest BCUT2D eigenvalue weighted by atomic mass is 32.2. The lowest BCUT2D eigenvalue weighted by atomic mass is 10.2. The topological polar surface area (TPSA) is 61.4 Å². The molecular weight excluding hydrogens is 286 g/mol. The van der Waals surface area contributed by atoms with Gasteiger partial charge < -0.3 is 5.32 Å². The summed E-state index contributed by atoms with van der Waals surface area (Å²) >= 11 is 0. The third-order valence-corrected chi connectivity index (χ3v) is 5.71. The van der Waals surface area contributed by atoms with Gasteiger partial charge in [-0.1, -0.05) is 12.1 Å². The van der Waals surface area contributed by atoms with Crippen LogP contribution in [0.5, 0.6) is 0 Å². The van der Waals surface area contributed by atoms with Crippen LogP contribution in [0.1, 0.15) is 24.8 Å². The summed E-state index contributed by atoms with van der Waals surface area (Å²) in [5.41, 5.74) is 0.978. The summed E-state index contributed by atoms with van der Waals surface area (Å²) in [6.07, 6.45) is 3.45. The Bertz CT molecular complexity index is 599. The van der Waals surface area contributed by atoms with Gasteiger partial charge in [-0.15, -0.1) is 0 Å². The van der Waals surface area contributed by atoms with E-state index in [2.05, 4.69) is 14.9 Å². The molecule has 1 saturated carbocycles. The largest absolute Gasteiger partial charge is 0.316 e. The van der Waals surface area contributed by atoms with Crippen LogP contribution >= 0.6 is 0 Å². The van der Waals surface area contributed by atoms with Gasteiger partial charge in [-0.2, -0.15) is 0 Å². The first-order valence-electron chi connectivity index (χ1n) is 7.58. The first-order chi connectivity index (χ1) is 10.1. The Morgan fingerprint density at radius 2 is 2.10 bits per heavy atom. The van der Waals surface area contributed by atoms with Crippen molar-refractivity contribution in [1.82, 2.24) is 14.9 Å². The number of nitrogens with zero attached hydrogens (tertiary/aromatic N) is 1. The van der Waals surface area contributed by atoms with Crippen molar-refractivity contribution < 1.29 is 8.42 Å². The number of sulfonamides is 1. The summed E-state index contributed by atoms with van der Waals surface area (Å²) in [6.45, 7) is 2.53. The van der Waals surface area contributed by atoms with E-state index in [4.69, 9.17) is 0 Å². The van der Waals surface area contributed by atoms with Crippen molar-refractivity contribution in [3.05, 3.63) is 29.8 Å². The molecule has 1 aliphatic carbocycles. The SMILES string of the molecule is CNCc1cccc(S(=O)(=O)NC2CCN(C3CC3)C2)c1. The van der Waals surface area contributed by atoms with E-state index in [9.17, 15) is 8.42 Å². The van der Waals surface area contributed by atoms with E-state index >= 15 is 0 Å². The summed E-state index contributed by atoms with van der Waals surface area (Å²) in [7, 11) is -1.57. The van der Waals surface area contributed by atoms with Crippen molar-refractivity contribution in [2.24, 2.45) is 0 Å². The van der Waals surface area contributed by atoms with Crippen LogP contribution in [0.4, 0.5) is 0 Å². The zero-order chi connectivity index (χ0) is 14.9. The third-order valence-electron chi connectivity index (χ3n) is 4.19. The molecule has 116 valence electrons. The predicted octanol–water partition coefficient (Wildman–Crippen LogP) is 0.921. The van der Waals surface area contributed by atoms with Gasteiger partial charge in [0.05, 0.1) is 4.90 Å². The first-order valence-corrected chi connectivity index (χ1v) is 9.07. The lowest BCUT2D eigenvalue weighted by Gasteiger charge is -2.16. The van der Waals surface area contributed by atoms with E-state index in [-0.39, 0.29) is 6.04 Å². The molecule has 3 rings (SSSR count). The Morgan fingerprint density at radius 1 is 1.29 bits per heavy atom. The van der Waals surface area contributed by atoms with Gasteiger partial charge in [0.1, 0.15) is 0 Å². The molecule has 0 aromatic heterocycles. The fourth-order valence-corrected chi connectivity index (χ4v) is 4.30. The van der Waals surface area contributed by atoms with Gasteiger partial charge in [0, 0.05) is 31.7 Å². The maximum absolute atomic E-state index is 12.5. The fraction of sp³-hybridized carbons (Fsp3) is 0.600. The Morgan fingerprint density at radius 3 is 2.81 bits per heavy atom. The van der Waals surface area contributed by atoms with Gasteiger partial charge >= 0.3 is 0 Å². The number of nitrogens with one attached hydrogen (secondary N) is 2.